The van der Waals surface area contributed by atoms with E-state index >= 15 is 0 Å². The van der Waals surface area contributed by atoms with Crippen LogP contribution in [0.5, 0.6) is 6.01 Å². The third-order valence-corrected chi connectivity index (χ3v) is 3.13. The topological polar surface area (TPSA) is 72.3 Å². The first-order valence-corrected chi connectivity index (χ1v) is 6.40. The van der Waals surface area contributed by atoms with Crippen molar-refractivity contribution in [2.75, 3.05) is 0 Å². The molecule has 4 rings (SSSR count). The van der Waals surface area contributed by atoms with Gasteiger partial charge in [-0.25, -0.2) is 9.78 Å². The van der Waals surface area contributed by atoms with E-state index < -0.39 is 5.97 Å². The molecule has 0 bridgehead atoms. The van der Waals surface area contributed by atoms with E-state index in [1.54, 1.807) is 10.6 Å². The van der Waals surface area contributed by atoms with Gasteiger partial charge in [-0.2, -0.15) is 4.98 Å². The SMILES string of the molecule is O=C(Oc1nc2ccccc2[nH]1)c1cn2ccccc2n1. The van der Waals surface area contributed by atoms with Gasteiger partial charge in [0.25, 0.3) is 0 Å². The molecule has 0 aliphatic heterocycles. The minimum absolute atomic E-state index is 0.165. The van der Waals surface area contributed by atoms with Crippen molar-refractivity contribution in [3.63, 3.8) is 0 Å². The molecule has 3 heterocycles. The molecule has 4 aromatic rings. The Morgan fingerprint density at radius 1 is 1.10 bits per heavy atom. The summed E-state index contributed by atoms with van der Waals surface area (Å²) in [4.78, 5) is 23.5. The number of nitrogens with one attached hydrogen (secondary N) is 1. The van der Waals surface area contributed by atoms with Gasteiger partial charge in [-0.1, -0.05) is 18.2 Å². The second-order valence-corrected chi connectivity index (χ2v) is 4.54. The first-order chi connectivity index (χ1) is 10.3. The Morgan fingerprint density at radius 3 is 2.81 bits per heavy atom. The summed E-state index contributed by atoms with van der Waals surface area (Å²) in [5.74, 6) is -0.544. The van der Waals surface area contributed by atoms with E-state index in [1.807, 2.05) is 48.7 Å². The predicted octanol–water partition coefficient (Wildman–Crippen LogP) is 2.43. The second-order valence-electron chi connectivity index (χ2n) is 4.54. The monoisotopic (exact) mass is 278 g/mol. The maximum absolute atomic E-state index is 12.1. The summed E-state index contributed by atoms with van der Waals surface area (Å²) in [5, 5.41) is 0. The molecule has 0 aliphatic carbocycles. The molecule has 102 valence electrons. The minimum atomic E-state index is -0.544. The molecule has 0 radical (unpaired) electrons. The van der Waals surface area contributed by atoms with E-state index in [0.29, 0.717) is 5.65 Å². The van der Waals surface area contributed by atoms with Crippen molar-refractivity contribution in [1.82, 2.24) is 19.4 Å². The first-order valence-electron chi connectivity index (χ1n) is 6.40. The summed E-state index contributed by atoms with van der Waals surface area (Å²) in [7, 11) is 0. The Morgan fingerprint density at radius 2 is 1.95 bits per heavy atom. The van der Waals surface area contributed by atoms with Crippen LogP contribution < -0.4 is 4.74 Å². The van der Waals surface area contributed by atoms with E-state index in [4.69, 9.17) is 4.74 Å². The van der Waals surface area contributed by atoms with Crippen molar-refractivity contribution in [3.05, 3.63) is 60.6 Å². The molecule has 0 fully saturated rings. The number of fused-ring (bicyclic) bond motifs is 2. The Bertz CT molecular complexity index is 888. The zero-order valence-corrected chi connectivity index (χ0v) is 10.9. The Kier molecular flexibility index (Phi) is 2.47. The van der Waals surface area contributed by atoms with Crippen LogP contribution >= 0.6 is 0 Å². The van der Waals surface area contributed by atoms with Gasteiger partial charge in [0.1, 0.15) is 5.65 Å². The molecule has 0 atom stereocenters. The number of hydrogen-bond donors (Lipinski definition) is 1. The van der Waals surface area contributed by atoms with Gasteiger partial charge in [0.15, 0.2) is 5.69 Å². The molecular weight excluding hydrogens is 268 g/mol. The smallest absolute Gasteiger partial charge is 0.366 e. The number of benzene rings is 1. The molecule has 21 heavy (non-hydrogen) atoms. The fourth-order valence-corrected chi connectivity index (χ4v) is 2.15. The molecule has 0 saturated heterocycles. The molecule has 0 unspecified atom stereocenters. The van der Waals surface area contributed by atoms with Gasteiger partial charge in [0, 0.05) is 12.4 Å². The largest absolute Gasteiger partial charge is 0.387 e. The first kappa shape index (κ1) is 11.7. The van der Waals surface area contributed by atoms with E-state index in [1.165, 1.54) is 0 Å². The van der Waals surface area contributed by atoms with Gasteiger partial charge in [-0.05, 0) is 24.3 Å². The third kappa shape index (κ3) is 2.02. The summed E-state index contributed by atoms with van der Waals surface area (Å²) in [6.45, 7) is 0. The number of nitrogens with zero attached hydrogens (tertiary/aromatic N) is 3. The number of ether oxygens (including phenoxy) is 1. The molecule has 0 amide bonds. The second kappa shape index (κ2) is 4.45. The fourth-order valence-electron chi connectivity index (χ4n) is 2.15. The van der Waals surface area contributed by atoms with E-state index in [9.17, 15) is 4.79 Å². The van der Waals surface area contributed by atoms with Crippen LogP contribution in [0.25, 0.3) is 16.7 Å². The average molecular weight is 278 g/mol. The molecule has 1 N–H and O–H groups in total. The Labute approximate surface area is 119 Å². The van der Waals surface area contributed by atoms with Gasteiger partial charge < -0.3 is 14.1 Å². The standard InChI is InChI=1S/C15H10N4O2/c20-14(12-9-19-8-4-3-7-13(19)16-12)21-15-17-10-5-1-2-6-11(10)18-15/h1-9H,(H,17,18). The number of para-hydroxylation sites is 2. The lowest BCUT2D eigenvalue weighted by Crippen LogP contribution is -2.09. The number of carbonyl (C=O) groups is 1. The molecular formula is C15H10N4O2. The van der Waals surface area contributed by atoms with Gasteiger partial charge in [0.2, 0.25) is 0 Å². The summed E-state index contributed by atoms with van der Waals surface area (Å²) in [6.07, 6.45) is 3.45. The number of aromatic amines is 1. The zero-order chi connectivity index (χ0) is 14.2. The predicted molar refractivity (Wildman–Crippen MR) is 76.2 cm³/mol. The van der Waals surface area contributed by atoms with Crippen LogP contribution in [-0.4, -0.2) is 25.3 Å². The van der Waals surface area contributed by atoms with Crippen LogP contribution in [0.15, 0.2) is 54.9 Å². The molecule has 0 aliphatic rings. The number of aromatic nitrogens is 4. The van der Waals surface area contributed by atoms with Crippen molar-refractivity contribution in [3.8, 4) is 6.01 Å². The fraction of sp³-hybridized carbons (Fsp3) is 0. The van der Waals surface area contributed by atoms with E-state index in [-0.39, 0.29) is 11.7 Å². The quantitative estimate of drug-likeness (QED) is 0.571. The molecule has 6 nitrogen and oxygen atoms in total. The summed E-state index contributed by atoms with van der Waals surface area (Å²) in [5.41, 5.74) is 2.49. The number of imidazole rings is 2. The Balaban J connectivity index is 1.65. The Hall–Kier alpha value is -3.15. The number of esters is 1. The van der Waals surface area contributed by atoms with Crippen LogP contribution in [-0.2, 0) is 0 Å². The lowest BCUT2D eigenvalue weighted by molar-refractivity contribution is 0.0716. The third-order valence-electron chi connectivity index (χ3n) is 3.13. The maximum atomic E-state index is 12.1. The van der Waals surface area contributed by atoms with Crippen LogP contribution in [0.1, 0.15) is 10.5 Å². The number of H-pyrrole nitrogens is 1. The van der Waals surface area contributed by atoms with Crippen LogP contribution in [0.4, 0.5) is 0 Å². The average Bonchev–Trinajstić information content (AvgIpc) is 3.10. The van der Waals surface area contributed by atoms with Crippen molar-refractivity contribution in [1.29, 1.82) is 0 Å². The highest BCUT2D eigenvalue weighted by Crippen LogP contribution is 2.16. The molecule has 1 aromatic carbocycles. The van der Waals surface area contributed by atoms with Gasteiger partial charge in [-0.15, -0.1) is 0 Å². The number of pyridine rings is 1. The molecule has 0 spiro atoms. The highest BCUT2D eigenvalue weighted by Gasteiger charge is 2.15. The van der Waals surface area contributed by atoms with Crippen molar-refractivity contribution < 1.29 is 9.53 Å². The number of hydrogen-bond acceptors (Lipinski definition) is 4. The highest BCUT2D eigenvalue weighted by atomic mass is 16.5. The van der Waals surface area contributed by atoms with Gasteiger partial charge >= 0.3 is 12.0 Å². The molecule has 6 heteroatoms. The van der Waals surface area contributed by atoms with Crippen molar-refractivity contribution in [2.24, 2.45) is 0 Å². The van der Waals surface area contributed by atoms with Crippen LogP contribution in [0.3, 0.4) is 0 Å². The lowest BCUT2D eigenvalue weighted by Gasteiger charge is -1.95. The van der Waals surface area contributed by atoms with Crippen molar-refractivity contribution >= 4 is 22.6 Å². The van der Waals surface area contributed by atoms with E-state index in [2.05, 4.69) is 15.0 Å². The van der Waals surface area contributed by atoms with Crippen LogP contribution in [0, 0.1) is 0 Å². The summed E-state index contributed by atoms with van der Waals surface area (Å²) in [6, 6.07) is 13.2. The van der Waals surface area contributed by atoms with Crippen LogP contribution in [0.2, 0.25) is 0 Å². The molecule has 3 aromatic heterocycles. The highest BCUT2D eigenvalue weighted by molar-refractivity contribution is 5.89. The lowest BCUT2D eigenvalue weighted by atomic mass is 10.3. The number of carbonyl (C=O) groups excluding carboxylic acids is 1. The van der Waals surface area contributed by atoms with Gasteiger partial charge in [-0.3, -0.25) is 0 Å². The molecule has 0 saturated carbocycles. The van der Waals surface area contributed by atoms with Gasteiger partial charge in [0.05, 0.1) is 11.0 Å². The normalized spacial score (nSPS) is 11.0. The van der Waals surface area contributed by atoms with E-state index in [0.717, 1.165) is 11.0 Å². The summed E-state index contributed by atoms with van der Waals surface area (Å²) < 4.78 is 6.99. The number of rotatable bonds is 2. The maximum Gasteiger partial charge on any atom is 0.366 e. The summed E-state index contributed by atoms with van der Waals surface area (Å²) >= 11 is 0. The zero-order valence-electron chi connectivity index (χ0n) is 10.9. The van der Waals surface area contributed by atoms with Crippen molar-refractivity contribution in [2.45, 2.75) is 0 Å². The minimum Gasteiger partial charge on any atom is -0.387 e.